The summed E-state index contributed by atoms with van der Waals surface area (Å²) >= 11 is 5.20. The van der Waals surface area contributed by atoms with E-state index < -0.39 is 0 Å². The fourth-order valence-corrected chi connectivity index (χ4v) is 3.78. The van der Waals surface area contributed by atoms with Crippen LogP contribution in [-0.2, 0) is 16.1 Å². The van der Waals surface area contributed by atoms with Gasteiger partial charge in [-0.25, -0.2) is 4.79 Å². The predicted octanol–water partition coefficient (Wildman–Crippen LogP) is 3.46. The van der Waals surface area contributed by atoms with Crippen LogP contribution in [0.15, 0.2) is 48.5 Å². The van der Waals surface area contributed by atoms with Crippen molar-refractivity contribution in [1.82, 2.24) is 4.90 Å². The minimum Gasteiger partial charge on any atom is -0.488 e. The fraction of sp³-hybridized carbons (Fsp3) is 0.273. The van der Waals surface area contributed by atoms with E-state index in [0.29, 0.717) is 30.4 Å². The maximum atomic E-state index is 12.1. The number of fused-ring (bicyclic) bond motifs is 2. The number of esters is 1. The number of hydrogen-bond acceptors (Lipinski definition) is 6. The number of benzene rings is 2. The number of carbonyl (C=O) groups excluding carboxylic acids is 1. The molecule has 2 aliphatic rings. The van der Waals surface area contributed by atoms with Gasteiger partial charge in [-0.3, -0.25) is 4.90 Å². The summed E-state index contributed by atoms with van der Waals surface area (Å²) in [5.74, 6) is 0.394. The van der Waals surface area contributed by atoms with Gasteiger partial charge in [0.15, 0.2) is 5.05 Å². The van der Waals surface area contributed by atoms with Gasteiger partial charge in [-0.15, -0.1) is 0 Å². The monoisotopic (exact) mass is 395 g/mol. The zero-order chi connectivity index (χ0) is 19.5. The van der Waals surface area contributed by atoms with E-state index in [1.54, 1.807) is 6.07 Å². The van der Waals surface area contributed by atoms with Crippen molar-refractivity contribution in [3.8, 4) is 5.75 Å². The van der Waals surface area contributed by atoms with E-state index in [2.05, 4.69) is 23.1 Å². The third kappa shape index (κ3) is 3.79. The highest BCUT2D eigenvalue weighted by Crippen LogP contribution is 2.37. The third-order valence-corrected chi connectivity index (χ3v) is 5.21. The molecular formula is C22H21NO4S. The Bertz CT molecular complexity index is 953. The maximum absolute atomic E-state index is 12.1. The summed E-state index contributed by atoms with van der Waals surface area (Å²) in [5.41, 5.74) is 4.67. The normalized spacial score (nSPS) is 17.8. The molecule has 1 fully saturated rings. The molecule has 0 atom stereocenters. The summed E-state index contributed by atoms with van der Waals surface area (Å²) in [6, 6.07) is 13.6. The van der Waals surface area contributed by atoms with Gasteiger partial charge in [-0.1, -0.05) is 30.3 Å². The second-order valence-electron chi connectivity index (χ2n) is 6.72. The SMILES string of the molecule is COC(=O)c1ccc2c(c1)/C(=C/CN1CCOC(=S)C1)c1ccccc1CO2. The van der Waals surface area contributed by atoms with Gasteiger partial charge in [0.25, 0.3) is 0 Å². The number of thiocarbonyl (C=S) groups is 1. The number of morpholine rings is 1. The van der Waals surface area contributed by atoms with E-state index in [4.69, 9.17) is 26.4 Å². The molecule has 2 aromatic rings. The molecule has 6 heteroatoms. The number of ether oxygens (including phenoxy) is 3. The number of hydrogen-bond donors (Lipinski definition) is 0. The number of methoxy groups -OCH3 is 1. The van der Waals surface area contributed by atoms with E-state index in [0.717, 1.165) is 41.1 Å². The highest BCUT2D eigenvalue weighted by Gasteiger charge is 2.22. The zero-order valence-corrected chi connectivity index (χ0v) is 16.5. The van der Waals surface area contributed by atoms with Crippen molar-refractivity contribution in [2.75, 3.05) is 33.4 Å². The molecule has 28 heavy (non-hydrogen) atoms. The molecule has 0 aromatic heterocycles. The summed E-state index contributed by atoms with van der Waals surface area (Å²) in [6.07, 6.45) is 2.18. The Morgan fingerprint density at radius 3 is 2.89 bits per heavy atom. The minimum atomic E-state index is -0.363. The summed E-state index contributed by atoms with van der Waals surface area (Å²) < 4.78 is 16.3. The second kappa shape index (κ2) is 8.12. The molecule has 144 valence electrons. The minimum absolute atomic E-state index is 0.363. The molecule has 0 saturated carbocycles. The third-order valence-electron chi connectivity index (χ3n) is 4.96. The Morgan fingerprint density at radius 1 is 1.21 bits per heavy atom. The van der Waals surface area contributed by atoms with Gasteiger partial charge in [0.05, 0.1) is 19.2 Å². The maximum Gasteiger partial charge on any atom is 0.337 e. The lowest BCUT2D eigenvalue weighted by Crippen LogP contribution is -2.38. The van der Waals surface area contributed by atoms with Crippen molar-refractivity contribution >= 4 is 28.8 Å². The summed E-state index contributed by atoms with van der Waals surface area (Å²) in [4.78, 5) is 14.3. The lowest BCUT2D eigenvalue weighted by molar-refractivity contribution is 0.0600. The molecule has 1 saturated heterocycles. The largest absolute Gasteiger partial charge is 0.488 e. The summed E-state index contributed by atoms with van der Waals surface area (Å²) in [6.45, 7) is 3.31. The first-order valence-electron chi connectivity index (χ1n) is 9.17. The van der Waals surface area contributed by atoms with Crippen LogP contribution >= 0.6 is 12.2 Å². The summed E-state index contributed by atoms with van der Waals surface area (Å²) in [7, 11) is 1.39. The summed E-state index contributed by atoms with van der Waals surface area (Å²) in [5, 5.41) is 0.627. The van der Waals surface area contributed by atoms with E-state index >= 15 is 0 Å². The standard InChI is InChI=1S/C22H21NO4S/c1-25-22(24)15-6-7-20-19(12-15)18(8-9-23-10-11-26-21(28)13-23)17-5-3-2-4-16(17)14-27-20/h2-8,12H,9-11,13-14H2,1H3/b18-8+. The first-order chi connectivity index (χ1) is 13.7. The lowest BCUT2D eigenvalue weighted by atomic mass is 9.93. The quantitative estimate of drug-likeness (QED) is 0.586. The van der Waals surface area contributed by atoms with Gasteiger partial charge in [-0.05, 0) is 47.1 Å². The van der Waals surface area contributed by atoms with Crippen LogP contribution in [0.5, 0.6) is 5.75 Å². The van der Waals surface area contributed by atoms with Crippen molar-refractivity contribution < 1.29 is 19.0 Å². The molecule has 5 nitrogen and oxygen atoms in total. The highest BCUT2D eigenvalue weighted by molar-refractivity contribution is 7.80. The van der Waals surface area contributed by atoms with Gasteiger partial charge < -0.3 is 14.2 Å². The van der Waals surface area contributed by atoms with E-state index in [9.17, 15) is 4.79 Å². The molecule has 2 aliphatic heterocycles. The van der Waals surface area contributed by atoms with Crippen molar-refractivity contribution in [1.29, 1.82) is 0 Å². The van der Waals surface area contributed by atoms with Crippen LogP contribution in [0.4, 0.5) is 0 Å². The van der Waals surface area contributed by atoms with E-state index in [1.807, 2.05) is 24.3 Å². The smallest absolute Gasteiger partial charge is 0.337 e. The molecule has 0 N–H and O–H groups in total. The molecule has 2 heterocycles. The number of carbonyl (C=O) groups is 1. The van der Waals surface area contributed by atoms with Gasteiger partial charge in [0.1, 0.15) is 19.0 Å². The Balaban J connectivity index is 1.77. The first-order valence-corrected chi connectivity index (χ1v) is 9.58. The molecule has 0 radical (unpaired) electrons. The van der Waals surface area contributed by atoms with Crippen LogP contribution < -0.4 is 4.74 Å². The van der Waals surface area contributed by atoms with Gasteiger partial charge in [0.2, 0.25) is 0 Å². The van der Waals surface area contributed by atoms with Crippen molar-refractivity contribution in [2.24, 2.45) is 0 Å². The van der Waals surface area contributed by atoms with E-state index in [1.165, 1.54) is 7.11 Å². The lowest BCUT2D eigenvalue weighted by Gasteiger charge is -2.26. The van der Waals surface area contributed by atoms with Crippen molar-refractivity contribution in [3.63, 3.8) is 0 Å². The van der Waals surface area contributed by atoms with Crippen molar-refractivity contribution in [2.45, 2.75) is 6.61 Å². The van der Waals surface area contributed by atoms with Crippen LogP contribution in [0.25, 0.3) is 5.57 Å². The Hall–Kier alpha value is -2.70. The molecule has 0 aliphatic carbocycles. The topological polar surface area (TPSA) is 48.0 Å². The molecular weight excluding hydrogens is 374 g/mol. The van der Waals surface area contributed by atoms with Gasteiger partial charge >= 0.3 is 5.97 Å². The second-order valence-corrected chi connectivity index (χ2v) is 7.18. The van der Waals surface area contributed by atoms with Crippen molar-refractivity contribution in [3.05, 3.63) is 70.8 Å². The fourth-order valence-electron chi connectivity index (χ4n) is 3.51. The zero-order valence-electron chi connectivity index (χ0n) is 15.6. The van der Waals surface area contributed by atoms with Crippen LogP contribution in [-0.4, -0.2) is 49.3 Å². The van der Waals surface area contributed by atoms with Crippen LogP contribution in [0.2, 0.25) is 0 Å². The molecule has 0 bridgehead atoms. The molecule has 0 spiro atoms. The Kier molecular flexibility index (Phi) is 5.41. The van der Waals surface area contributed by atoms with Crippen LogP contribution in [0.1, 0.15) is 27.0 Å². The molecule has 0 amide bonds. The highest BCUT2D eigenvalue weighted by atomic mass is 32.1. The van der Waals surface area contributed by atoms with Crippen LogP contribution in [0.3, 0.4) is 0 Å². The number of rotatable bonds is 3. The predicted molar refractivity (Wildman–Crippen MR) is 111 cm³/mol. The average Bonchev–Trinajstić information content (AvgIpc) is 2.88. The van der Waals surface area contributed by atoms with Crippen LogP contribution in [0, 0.1) is 0 Å². The Labute approximate surface area is 169 Å². The Morgan fingerprint density at radius 2 is 2.07 bits per heavy atom. The van der Waals surface area contributed by atoms with Gasteiger partial charge in [-0.2, -0.15) is 0 Å². The molecule has 4 rings (SSSR count). The number of nitrogens with zero attached hydrogens (tertiary/aromatic N) is 1. The molecule has 0 unspecified atom stereocenters. The van der Waals surface area contributed by atoms with E-state index in [-0.39, 0.29) is 5.97 Å². The average molecular weight is 395 g/mol. The first kappa shape index (κ1) is 18.7. The molecule has 2 aromatic carbocycles. The van der Waals surface area contributed by atoms with Gasteiger partial charge in [0, 0.05) is 18.7 Å².